The monoisotopic (exact) mass is 608 g/mol. The summed E-state index contributed by atoms with van der Waals surface area (Å²) >= 11 is 0.395. The van der Waals surface area contributed by atoms with Crippen molar-refractivity contribution in [1.29, 1.82) is 0 Å². The molecule has 41 heavy (non-hydrogen) atoms. The number of carboxylic acids is 1. The number of nitrogens with zero attached hydrogens (tertiary/aromatic N) is 2. The van der Waals surface area contributed by atoms with Crippen molar-refractivity contribution in [2.45, 2.75) is 31.1 Å². The molecule has 0 aromatic heterocycles. The second kappa shape index (κ2) is 14.6. The van der Waals surface area contributed by atoms with E-state index in [0.29, 0.717) is 37.1 Å². The van der Waals surface area contributed by atoms with Gasteiger partial charge >= 0.3 is 5.97 Å². The SMILES string of the molecule is CCc1ccc(NN=c2ccc(=O)c(=NNc3ccc(CCCOSOOO)cc3S(=O)(=O)O)c2=O)c(C(=O)O)c1. The van der Waals surface area contributed by atoms with E-state index in [1.54, 1.807) is 6.07 Å². The first-order valence-electron chi connectivity index (χ1n) is 11.7. The molecule has 17 heteroatoms. The first kappa shape index (κ1) is 31.6. The molecule has 0 saturated carbocycles. The molecule has 0 aliphatic heterocycles. The molecule has 3 aromatic rings. The third kappa shape index (κ3) is 8.76. The molecule has 0 aliphatic rings. The second-order valence-corrected chi connectivity index (χ2v) is 10.1. The Labute approximate surface area is 236 Å². The summed E-state index contributed by atoms with van der Waals surface area (Å²) in [5, 5.41) is 27.7. The number of carbonyl (C=O) groups is 1. The summed E-state index contributed by atoms with van der Waals surface area (Å²) in [4.78, 5) is 36.3. The summed E-state index contributed by atoms with van der Waals surface area (Å²) in [5.41, 5.74) is 4.28. The van der Waals surface area contributed by atoms with E-state index in [1.807, 2.05) is 6.92 Å². The van der Waals surface area contributed by atoms with Crippen LogP contribution in [0.4, 0.5) is 11.4 Å². The fourth-order valence-electron chi connectivity index (χ4n) is 3.49. The third-order valence-electron chi connectivity index (χ3n) is 5.50. The number of carboxylic acid groups (broad SMARTS) is 1. The van der Waals surface area contributed by atoms with Gasteiger partial charge in [0, 0.05) is 0 Å². The first-order valence-corrected chi connectivity index (χ1v) is 13.8. The Balaban J connectivity index is 1.89. The zero-order chi connectivity index (χ0) is 30.0. The van der Waals surface area contributed by atoms with E-state index in [4.69, 9.17) is 9.44 Å². The average molecular weight is 609 g/mol. The Kier molecular flexibility index (Phi) is 11.2. The fourth-order valence-corrected chi connectivity index (χ4v) is 4.43. The highest BCUT2D eigenvalue weighted by Gasteiger charge is 2.17. The molecule has 0 saturated heterocycles. The van der Waals surface area contributed by atoms with Crippen molar-refractivity contribution in [3.63, 3.8) is 0 Å². The summed E-state index contributed by atoms with van der Waals surface area (Å²) < 4.78 is 42.7. The largest absolute Gasteiger partial charge is 0.478 e. The first-order chi connectivity index (χ1) is 19.5. The molecule has 0 heterocycles. The van der Waals surface area contributed by atoms with Crippen LogP contribution in [0.3, 0.4) is 0 Å². The molecule has 3 rings (SSSR count). The van der Waals surface area contributed by atoms with Crippen LogP contribution in [0.2, 0.25) is 0 Å². The lowest BCUT2D eigenvalue weighted by Crippen LogP contribution is -2.48. The van der Waals surface area contributed by atoms with Crippen LogP contribution in [0.25, 0.3) is 0 Å². The van der Waals surface area contributed by atoms with Crippen molar-refractivity contribution in [3.05, 3.63) is 96.4 Å². The van der Waals surface area contributed by atoms with Crippen LogP contribution in [-0.2, 0) is 36.5 Å². The molecule has 0 aliphatic carbocycles. The number of hydrogen-bond acceptors (Lipinski definition) is 14. The van der Waals surface area contributed by atoms with E-state index >= 15 is 0 Å². The molecule has 0 atom stereocenters. The van der Waals surface area contributed by atoms with E-state index in [0.717, 1.165) is 17.7 Å². The number of hydrogen-bond donors (Lipinski definition) is 5. The van der Waals surface area contributed by atoms with Crippen molar-refractivity contribution in [3.8, 4) is 0 Å². The fraction of sp³-hybridized carbons (Fsp3) is 0.208. The van der Waals surface area contributed by atoms with E-state index < -0.39 is 37.2 Å². The van der Waals surface area contributed by atoms with Gasteiger partial charge in [-0.3, -0.25) is 29.2 Å². The van der Waals surface area contributed by atoms with Gasteiger partial charge in [0.05, 0.1) is 23.5 Å². The minimum atomic E-state index is -4.74. The van der Waals surface area contributed by atoms with Crippen molar-refractivity contribution in [2.75, 3.05) is 17.5 Å². The number of anilines is 2. The van der Waals surface area contributed by atoms with Crippen LogP contribution in [0.15, 0.2) is 73.2 Å². The average Bonchev–Trinajstić information content (AvgIpc) is 2.94. The highest BCUT2D eigenvalue weighted by Crippen LogP contribution is 2.23. The third-order valence-corrected chi connectivity index (χ3v) is 6.78. The molecule has 0 radical (unpaired) electrons. The topological polar surface area (TPSA) is 223 Å². The maximum Gasteiger partial charge on any atom is 0.337 e. The van der Waals surface area contributed by atoms with Crippen LogP contribution >= 0.6 is 12.3 Å². The van der Waals surface area contributed by atoms with Crippen LogP contribution in [-0.4, -0.2) is 35.9 Å². The van der Waals surface area contributed by atoms with Gasteiger partial charge in [0.25, 0.3) is 10.1 Å². The van der Waals surface area contributed by atoms with Gasteiger partial charge < -0.3 is 5.11 Å². The lowest BCUT2D eigenvalue weighted by Gasteiger charge is -2.09. The Hall–Kier alpha value is -3.97. The van der Waals surface area contributed by atoms with Crippen molar-refractivity contribution in [1.82, 2.24) is 0 Å². The van der Waals surface area contributed by atoms with Crippen LogP contribution < -0.4 is 32.4 Å². The molecule has 5 N–H and O–H groups in total. The van der Waals surface area contributed by atoms with Gasteiger partial charge in [-0.05, 0) is 66.8 Å². The van der Waals surface area contributed by atoms with E-state index in [9.17, 15) is 32.5 Å². The smallest absolute Gasteiger partial charge is 0.337 e. The highest BCUT2D eigenvalue weighted by molar-refractivity contribution is 7.89. The second-order valence-electron chi connectivity index (χ2n) is 8.19. The summed E-state index contributed by atoms with van der Waals surface area (Å²) in [6.45, 7) is 2.02. The zero-order valence-electron chi connectivity index (χ0n) is 21.3. The summed E-state index contributed by atoms with van der Waals surface area (Å²) in [5.74, 6) is -1.20. The van der Waals surface area contributed by atoms with Crippen molar-refractivity contribution < 1.29 is 41.7 Å². The summed E-state index contributed by atoms with van der Waals surface area (Å²) in [7, 11) is -4.74. The standard InChI is InChI=1S/C24H24N4O11S2/c1-2-14-5-7-17(16(12-14)24(31)32)25-27-19-9-10-20(29)22(23(19)30)28-26-18-8-6-15(13-21(18)41(34,35)36)4-3-11-37-40-39-38-33/h5-10,12-13,25-26,33H,2-4,11H2,1H3,(H,31,32)(H,34,35,36). The van der Waals surface area contributed by atoms with Gasteiger partial charge in [0.2, 0.25) is 10.9 Å². The van der Waals surface area contributed by atoms with Gasteiger partial charge in [-0.2, -0.15) is 18.6 Å². The molecule has 0 fully saturated rings. The lowest BCUT2D eigenvalue weighted by molar-refractivity contribution is -0.434. The van der Waals surface area contributed by atoms with E-state index in [2.05, 4.69) is 30.4 Å². The van der Waals surface area contributed by atoms with Crippen LogP contribution in [0.5, 0.6) is 0 Å². The van der Waals surface area contributed by atoms with Crippen molar-refractivity contribution in [2.24, 2.45) is 10.2 Å². The molecule has 0 spiro atoms. The molecule has 218 valence electrons. The Morgan fingerprint density at radius 2 is 1.71 bits per heavy atom. The maximum absolute atomic E-state index is 12.9. The molecule has 0 unspecified atom stereocenters. The normalized spacial score (nSPS) is 12.5. The minimum Gasteiger partial charge on any atom is -0.478 e. The predicted octanol–water partition coefficient (Wildman–Crippen LogP) is 1.58. The quantitative estimate of drug-likeness (QED) is 0.0576. The van der Waals surface area contributed by atoms with Crippen molar-refractivity contribution >= 4 is 39.8 Å². The van der Waals surface area contributed by atoms with E-state index in [-0.39, 0.29) is 28.9 Å². The molecule has 15 nitrogen and oxygen atoms in total. The Bertz CT molecular complexity index is 1740. The number of aryl methyl sites for hydroxylation is 2. The molecule has 3 aromatic carbocycles. The maximum atomic E-state index is 12.9. The Morgan fingerprint density at radius 1 is 1.00 bits per heavy atom. The number of aromatic carboxylic acids is 1. The molecular formula is C24H24N4O11S2. The molecular weight excluding hydrogens is 584 g/mol. The summed E-state index contributed by atoms with van der Waals surface area (Å²) in [6, 6.07) is 10.8. The molecule has 0 amide bonds. The van der Waals surface area contributed by atoms with Crippen LogP contribution in [0.1, 0.15) is 34.8 Å². The zero-order valence-corrected chi connectivity index (χ0v) is 22.9. The Morgan fingerprint density at radius 3 is 2.39 bits per heavy atom. The summed E-state index contributed by atoms with van der Waals surface area (Å²) in [6.07, 6.45) is 1.35. The van der Waals surface area contributed by atoms with Gasteiger partial charge in [-0.1, -0.05) is 24.1 Å². The number of benzene rings is 3. The minimum absolute atomic E-state index is 0.0644. The number of nitrogens with one attached hydrogen (secondary N) is 2. The lowest BCUT2D eigenvalue weighted by atomic mass is 10.1. The van der Waals surface area contributed by atoms with E-state index in [1.165, 1.54) is 30.3 Å². The van der Waals surface area contributed by atoms with Gasteiger partial charge in [-0.15, -0.1) is 4.33 Å². The molecule has 0 bridgehead atoms. The predicted molar refractivity (Wildman–Crippen MR) is 145 cm³/mol. The van der Waals surface area contributed by atoms with Gasteiger partial charge in [-0.25, -0.2) is 10.1 Å². The number of rotatable bonds is 14. The highest BCUT2D eigenvalue weighted by atomic mass is 32.2. The van der Waals surface area contributed by atoms with Crippen LogP contribution in [0, 0.1) is 0 Å². The van der Waals surface area contributed by atoms with Gasteiger partial charge in [0.1, 0.15) is 10.3 Å². The van der Waals surface area contributed by atoms with Gasteiger partial charge in [0.15, 0.2) is 17.7 Å².